The highest BCUT2D eigenvalue weighted by Crippen LogP contribution is 2.17. The number of methoxy groups -OCH3 is 1. The second-order valence-electron chi connectivity index (χ2n) is 4.21. The molecule has 1 aromatic carbocycles. The van der Waals surface area contributed by atoms with E-state index in [2.05, 4.69) is 34.5 Å². The van der Waals surface area contributed by atoms with E-state index in [9.17, 15) is 0 Å². The van der Waals surface area contributed by atoms with Gasteiger partial charge >= 0.3 is 0 Å². The van der Waals surface area contributed by atoms with Gasteiger partial charge in [-0.3, -0.25) is 4.68 Å². The second-order valence-corrected chi connectivity index (χ2v) is 4.21. The van der Waals surface area contributed by atoms with Crippen LogP contribution in [0.15, 0.2) is 30.6 Å². The van der Waals surface area contributed by atoms with Crippen molar-refractivity contribution < 1.29 is 4.74 Å². The number of nitrogens with one attached hydrogen (secondary N) is 1. The van der Waals surface area contributed by atoms with E-state index in [1.54, 1.807) is 18.1 Å². The quantitative estimate of drug-likeness (QED) is 0.872. The predicted molar refractivity (Wildman–Crippen MR) is 69.3 cm³/mol. The zero-order chi connectivity index (χ0) is 13.0. The number of aromatic nitrogens is 3. The standard InChI is InChI=1S/C13H18N4O/c1-10(11-4-6-12(18-3)7-5-11)14-8-13-15-9-17(2)16-13/h4-7,9-10,14H,8H2,1-3H3. The highest BCUT2D eigenvalue weighted by molar-refractivity contribution is 5.28. The number of ether oxygens (including phenoxy) is 1. The molecule has 0 fully saturated rings. The Bertz CT molecular complexity index is 492. The molecule has 0 aliphatic carbocycles. The molecular formula is C13H18N4O. The molecule has 1 atom stereocenters. The summed E-state index contributed by atoms with van der Waals surface area (Å²) < 4.78 is 6.84. The monoisotopic (exact) mass is 246 g/mol. The SMILES string of the molecule is COc1ccc(C(C)NCc2ncn(C)n2)cc1. The van der Waals surface area contributed by atoms with E-state index in [1.165, 1.54) is 5.56 Å². The molecule has 1 heterocycles. The summed E-state index contributed by atoms with van der Waals surface area (Å²) >= 11 is 0. The Labute approximate surface area is 107 Å². The first-order valence-electron chi connectivity index (χ1n) is 5.91. The van der Waals surface area contributed by atoms with Gasteiger partial charge in [0.25, 0.3) is 0 Å². The molecule has 18 heavy (non-hydrogen) atoms. The molecule has 0 bridgehead atoms. The number of nitrogens with zero attached hydrogens (tertiary/aromatic N) is 3. The minimum atomic E-state index is 0.250. The Hall–Kier alpha value is -1.88. The Balaban J connectivity index is 1.92. The first-order chi connectivity index (χ1) is 8.69. The lowest BCUT2D eigenvalue weighted by Gasteiger charge is -2.13. The molecule has 96 valence electrons. The van der Waals surface area contributed by atoms with Crippen molar-refractivity contribution in [1.82, 2.24) is 20.1 Å². The molecule has 2 aromatic rings. The largest absolute Gasteiger partial charge is 0.497 e. The third kappa shape index (κ3) is 3.07. The van der Waals surface area contributed by atoms with E-state index in [0.29, 0.717) is 6.54 Å². The van der Waals surface area contributed by atoms with Gasteiger partial charge in [-0.1, -0.05) is 12.1 Å². The summed E-state index contributed by atoms with van der Waals surface area (Å²) in [4.78, 5) is 4.18. The van der Waals surface area contributed by atoms with Gasteiger partial charge in [-0.2, -0.15) is 5.10 Å². The molecule has 0 spiro atoms. The second kappa shape index (κ2) is 5.64. The Morgan fingerprint density at radius 3 is 2.61 bits per heavy atom. The molecule has 5 heteroatoms. The van der Waals surface area contributed by atoms with Crippen molar-refractivity contribution in [3.05, 3.63) is 42.0 Å². The maximum absolute atomic E-state index is 5.14. The topological polar surface area (TPSA) is 52.0 Å². The van der Waals surface area contributed by atoms with Crippen LogP contribution < -0.4 is 10.1 Å². The summed E-state index contributed by atoms with van der Waals surface area (Å²) in [5.41, 5.74) is 1.21. The minimum Gasteiger partial charge on any atom is -0.497 e. The number of hydrogen-bond donors (Lipinski definition) is 1. The van der Waals surface area contributed by atoms with Crippen LogP contribution in [0.5, 0.6) is 5.75 Å². The van der Waals surface area contributed by atoms with Crippen LogP contribution in [-0.2, 0) is 13.6 Å². The molecule has 0 aliphatic rings. The average Bonchev–Trinajstić information content (AvgIpc) is 2.82. The lowest BCUT2D eigenvalue weighted by atomic mass is 10.1. The van der Waals surface area contributed by atoms with Crippen LogP contribution in [0.25, 0.3) is 0 Å². The summed E-state index contributed by atoms with van der Waals surface area (Å²) in [5, 5.41) is 7.61. The summed E-state index contributed by atoms with van der Waals surface area (Å²) in [6.45, 7) is 2.78. The molecule has 5 nitrogen and oxygen atoms in total. The fraction of sp³-hybridized carbons (Fsp3) is 0.385. The molecule has 0 saturated heterocycles. The molecular weight excluding hydrogens is 228 g/mol. The van der Waals surface area contributed by atoms with Crippen molar-refractivity contribution in [3.8, 4) is 5.75 Å². The first kappa shape index (κ1) is 12.6. The maximum atomic E-state index is 5.14. The third-order valence-electron chi connectivity index (χ3n) is 2.83. The van der Waals surface area contributed by atoms with Crippen LogP contribution in [-0.4, -0.2) is 21.9 Å². The fourth-order valence-corrected chi connectivity index (χ4v) is 1.72. The van der Waals surface area contributed by atoms with Gasteiger partial charge in [0.15, 0.2) is 5.82 Å². The van der Waals surface area contributed by atoms with Crippen LogP contribution in [0, 0.1) is 0 Å². The van der Waals surface area contributed by atoms with Crippen molar-refractivity contribution >= 4 is 0 Å². The predicted octanol–water partition coefficient (Wildman–Crippen LogP) is 1.67. The molecule has 0 saturated carbocycles. The highest BCUT2D eigenvalue weighted by atomic mass is 16.5. The van der Waals surface area contributed by atoms with Crippen molar-refractivity contribution in [2.45, 2.75) is 19.5 Å². The van der Waals surface area contributed by atoms with Gasteiger partial charge in [0, 0.05) is 13.1 Å². The van der Waals surface area contributed by atoms with Crippen LogP contribution in [0.3, 0.4) is 0 Å². The maximum Gasteiger partial charge on any atom is 0.164 e. The molecule has 0 aliphatic heterocycles. The number of aryl methyl sites for hydroxylation is 1. The number of rotatable bonds is 5. The van der Waals surface area contributed by atoms with E-state index in [4.69, 9.17) is 4.74 Å². The molecule has 2 rings (SSSR count). The van der Waals surface area contributed by atoms with Crippen LogP contribution >= 0.6 is 0 Å². The highest BCUT2D eigenvalue weighted by Gasteiger charge is 2.06. The van der Waals surface area contributed by atoms with E-state index >= 15 is 0 Å². The van der Waals surface area contributed by atoms with Crippen molar-refractivity contribution in [2.75, 3.05) is 7.11 Å². The third-order valence-corrected chi connectivity index (χ3v) is 2.83. The van der Waals surface area contributed by atoms with E-state index < -0.39 is 0 Å². The molecule has 1 aromatic heterocycles. The van der Waals surface area contributed by atoms with E-state index in [0.717, 1.165) is 11.6 Å². The van der Waals surface area contributed by atoms with E-state index in [1.807, 2.05) is 19.2 Å². The number of hydrogen-bond acceptors (Lipinski definition) is 4. The van der Waals surface area contributed by atoms with Gasteiger partial charge in [0.1, 0.15) is 12.1 Å². The van der Waals surface area contributed by atoms with Gasteiger partial charge < -0.3 is 10.1 Å². The van der Waals surface area contributed by atoms with Gasteiger partial charge in [0.2, 0.25) is 0 Å². The Morgan fingerprint density at radius 2 is 2.06 bits per heavy atom. The Kier molecular flexibility index (Phi) is 3.94. The first-order valence-corrected chi connectivity index (χ1v) is 5.91. The van der Waals surface area contributed by atoms with Crippen LogP contribution in [0.1, 0.15) is 24.4 Å². The minimum absolute atomic E-state index is 0.250. The van der Waals surface area contributed by atoms with Gasteiger partial charge in [-0.25, -0.2) is 4.98 Å². The van der Waals surface area contributed by atoms with Crippen LogP contribution in [0.4, 0.5) is 0 Å². The molecule has 1 N–H and O–H groups in total. The summed E-state index contributed by atoms with van der Waals surface area (Å²) in [6, 6.07) is 8.30. The lowest BCUT2D eigenvalue weighted by molar-refractivity contribution is 0.414. The van der Waals surface area contributed by atoms with E-state index in [-0.39, 0.29) is 6.04 Å². The summed E-state index contributed by atoms with van der Waals surface area (Å²) in [6.07, 6.45) is 1.70. The molecule has 0 amide bonds. The van der Waals surface area contributed by atoms with Gasteiger partial charge in [-0.05, 0) is 24.6 Å². The van der Waals surface area contributed by atoms with Crippen molar-refractivity contribution in [2.24, 2.45) is 7.05 Å². The summed E-state index contributed by atoms with van der Waals surface area (Å²) in [7, 11) is 3.53. The van der Waals surface area contributed by atoms with Crippen molar-refractivity contribution in [3.63, 3.8) is 0 Å². The van der Waals surface area contributed by atoms with Gasteiger partial charge in [0.05, 0.1) is 13.7 Å². The number of benzene rings is 1. The fourth-order valence-electron chi connectivity index (χ4n) is 1.72. The molecule has 0 radical (unpaired) electrons. The summed E-state index contributed by atoms with van der Waals surface area (Å²) in [5.74, 6) is 1.68. The van der Waals surface area contributed by atoms with Crippen LogP contribution in [0.2, 0.25) is 0 Å². The lowest BCUT2D eigenvalue weighted by Crippen LogP contribution is -2.19. The normalized spacial score (nSPS) is 12.4. The Morgan fingerprint density at radius 1 is 1.33 bits per heavy atom. The zero-order valence-corrected chi connectivity index (χ0v) is 10.9. The smallest absolute Gasteiger partial charge is 0.164 e. The average molecular weight is 246 g/mol. The van der Waals surface area contributed by atoms with Crippen molar-refractivity contribution in [1.29, 1.82) is 0 Å². The zero-order valence-electron chi connectivity index (χ0n) is 10.9. The van der Waals surface area contributed by atoms with Gasteiger partial charge in [-0.15, -0.1) is 0 Å². The molecule has 1 unspecified atom stereocenters.